The van der Waals surface area contributed by atoms with Crippen molar-refractivity contribution in [3.8, 4) is 0 Å². The Morgan fingerprint density at radius 2 is 1.47 bits per heavy atom. The first-order valence-electron chi connectivity index (χ1n) is 9.33. The van der Waals surface area contributed by atoms with Crippen molar-refractivity contribution in [2.24, 2.45) is 5.73 Å². The topological polar surface area (TPSA) is 92.4 Å². The monoisotopic (exact) mass is 422 g/mol. The summed E-state index contributed by atoms with van der Waals surface area (Å²) in [6.45, 7) is 6.20. The third-order valence-electron chi connectivity index (χ3n) is 4.72. The second-order valence-corrected chi connectivity index (χ2v) is 8.14. The molecule has 4 N–H and O–H groups in total. The lowest BCUT2D eigenvalue weighted by molar-refractivity contribution is -0.137. The molecule has 0 saturated carbocycles. The molecule has 30 heavy (non-hydrogen) atoms. The Hall–Kier alpha value is -2.87. The number of halogens is 3. The van der Waals surface area contributed by atoms with Crippen LogP contribution in [-0.4, -0.2) is 23.0 Å². The molecule has 2 aromatic carbocycles. The highest BCUT2D eigenvalue weighted by molar-refractivity contribution is 5.89. The fourth-order valence-corrected chi connectivity index (χ4v) is 2.86. The number of alkyl halides is 3. The van der Waals surface area contributed by atoms with Crippen molar-refractivity contribution in [2.75, 3.05) is 0 Å². The summed E-state index contributed by atoms with van der Waals surface area (Å²) >= 11 is 0. The standard InChI is InChI=1S/C22H25F3N2O3/c1-21(2,3)15-8-4-13(5-9-15)12-17(19(26)29)27-20(30)18(28)14-6-10-16(11-7-14)22(23,24)25/h4-11,17-18,28H,12H2,1-3H3,(H2,26,29)(H,27,30)/t17-,18+/m0/s1. The average molecular weight is 422 g/mol. The van der Waals surface area contributed by atoms with Gasteiger partial charge in [0.1, 0.15) is 6.04 Å². The van der Waals surface area contributed by atoms with Crippen molar-refractivity contribution in [1.82, 2.24) is 5.32 Å². The largest absolute Gasteiger partial charge is 0.416 e. The lowest BCUT2D eigenvalue weighted by Crippen LogP contribution is -2.47. The summed E-state index contributed by atoms with van der Waals surface area (Å²) < 4.78 is 37.9. The van der Waals surface area contributed by atoms with Crippen LogP contribution in [0.15, 0.2) is 48.5 Å². The SMILES string of the molecule is CC(C)(C)c1ccc(C[C@H](NC(=O)[C@H](O)c2ccc(C(F)(F)F)cc2)C(N)=O)cc1. The molecule has 0 unspecified atom stereocenters. The smallest absolute Gasteiger partial charge is 0.378 e. The molecule has 162 valence electrons. The summed E-state index contributed by atoms with van der Waals surface area (Å²) in [7, 11) is 0. The van der Waals surface area contributed by atoms with E-state index in [0.29, 0.717) is 0 Å². The number of rotatable bonds is 6. The molecule has 2 aromatic rings. The molecule has 2 amide bonds. The molecule has 0 saturated heterocycles. The molecule has 2 rings (SSSR count). The maximum atomic E-state index is 12.6. The molecule has 0 bridgehead atoms. The Morgan fingerprint density at radius 1 is 0.967 bits per heavy atom. The van der Waals surface area contributed by atoms with E-state index in [2.05, 4.69) is 26.1 Å². The molecule has 0 spiro atoms. The Morgan fingerprint density at radius 3 is 1.90 bits per heavy atom. The van der Waals surface area contributed by atoms with Crippen LogP contribution < -0.4 is 11.1 Å². The van der Waals surface area contributed by atoms with Gasteiger partial charge >= 0.3 is 6.18 Å². The van der Waals surface area contributed by atoms with E-state index in [4.69, 9.17) is 5.73 Å². The molecule has 0 heterocycles. The van der Waals surface area contributed by atoms with E-state index in [1.807, 2.05) is 24.3 Å². The van der Waals surface area contributed by atoms with Crippen LogP contribution in [0.4, 0.5) is 13.2 Å². The highest BCUT2D eigenvalue weighted by Gasteiger charge is 2.31. The molecular formula is C22H25F3N2O3. The predicted octanol–water partition coefficient (Wildman–Crippen LogP) is 3.25. The van der Waals surface area contributed by atoms with Gasteiger partial charge in [-0.15, -0.1) is 0 Å². The molecule has 0 fully saturated rings. The van der Waals surface area contributed by atoms with Crippen LogP contribution in [0.3, 0.4) is 0 Å². The second-order valence-electron chi connectivity index (χ2n) is 8.14. The first-order valence-corrected chi connectivity index (χ1v) is 9.33. The number of nitrogens with one attached hydrogen (secondary N) is 1. The van der Waals surface area contributed by atoms with Crippen LogP contribution in [0.1, 0.15) is 49.1 Å². The molecule has 0 aliphatic heterocycles. The highest BCUT2D eigenvalue weighted by atomic mass is 19.4. The fraction of sp³-hybridized carbons (Fsp3) is 0.364. The highest BCUT2D eigenvalue weighted by Crippen LogP contribution is 2.30. The summed E-state index contributed by atoms with van der Waals surface area (Å²) in [4.78, 5) is 24.1. The van der Waals surface area contributed by atoms with Crippen LogP contribution in [-0.2, 0) is 27.6 Å². The molecule has 0 aromatic heterocycles. The van der Waals surface area contributed by atoms with Gasteiger partial charge < -0.3 is 16.2 Å². The molecular weight excluding hydrogens is 397 g/mol. The van der Waals surface area contributed by atoms with Gasteiger partial charge in [-0.2, -0.15) is 13.2 Å². The Balaban J connectivity index is 2.08. The van der Waals surface area contributed by atoms with Gasteiger partial charge in [0.05, 0.1) is 5.56 Å². The van der Waals surface area contributed by atoms with Crippen LogP contribution in [0, 0.1) is 0 Å². The van der Waals surface area contributed by atoms with Gasteiger partial charge in [-0.1, -0.05) is 57.2 Å². The first kappa shape index (κ1) is 23.4. The number of benzene rings is 2. The average Bonchev–Trinajstić information content (AvgIpc) is 2.65. The van der Waals surface area contributed by atoms with Gasteiger partial charge in [-0.3, -0.25) is 9.59 Å². The van der Waals surface area contributed by atoms with Gasteiger partial charge in [0.15, 0.2) is 6.10 Å². The number of carbonyl (C=O) groups is 2. The third kappa shape index (κ3) is 6.06. The van der Waals surface area contributed by atoms with Gasteiger partial charge in [-0.05, 0) is 34.2 Å². The maximum Gasteiger partial charge on any atom is 0.416 e. The van der Waals surface area contributed by atoms with Crippen molar-refractivity contribution < 1.29 is 27.9 Å². The van der Waals surface area contributed by atoms with Crippen molar-refractivity contribution >= 4 is 11.8 Å². The Kier molecular flexibility index (Phi) is 6.92. The number of nitrogens with two attached hydrogens (primary N) is 1. The van der Waals surface area contributed by atoms with E-state index < -0.39 is 35.7 Å². The number of carbonyl (C=O) groups excluding carboxylic acids is 2. The Labute approximate surface area is 173 Å². The molecule has 0 aliphatic carbocycles. The number of amides is 2. The zero-order valence-corrected chi connectivity index (χ0v) is 17.0. The predicted molar refractivity (Wildman–Crippen MR) is 106 cm³/mol. The molecule has 5 nitrogen and oxygen atoms in total. The normalized spacial score (nSPS) is 14.1. The second kappa shape index (κ2) is 8.87. The van der Waals surface area contributed by atoms with Crippen molar-refractivity contribution in [2.45, 2.75) is 50.9 Å². The summed E-state index contributed by atoms with van der Waals surface area (Å²) in [6.07, 6.45) is -6.14. The van der Waals surface area contributed by atoms with Crippen molar-refractivity contribution in [1.29, 1.82) is 0 Å². The third-order valence-corrected chi connectivity index (χ3v) is 4.72. The lowest BCUT2D eigenvalue weighted by atomic mass is 9.86. The minimum atomic E-state index is -4.52. The summed E-state index contributed by atoms with van der Waals surface area (Å²) in [6, 6.07) is 9.99. The molecule has 2 atom stereocenters. The lowest BCUT2D eigenvalue weighted by Gasteiger charge is -2.21. The summed E-state index contributed by atoms with van der Waals surface area (Å²) in [5, 5.41) is 12.5. The Bertz CT molecular complexity index is 886. The summed E-state index contributed by atoms with van der Waals surface area (Å²) in [5.41, 5.74) is 6.27. The van der Waals surface area contributed by atoms with E-state index in [9.17, 15) is 27.9 Å². The molecule has 0 aliphatic rings. The number of primary amides is 1. The van der Waals surface area contributed by atoms with E-state index in [-0.39, 0.29) is 17.4 Å². The van der Waals surface area contributed by atoms with E-state index >= 15 is 0 Å². The van der Waals surface area contributed by atoms with Gasteiger partial charge in [0.25, 0.3) is 5.91 Å². The quantitative estimate of drug-likeness (QED) is 0.667. The van der Waals surface area contributed by atoms with E-state index in [0.717, 1.165) is 35.4 Å². The first-order chi connectivity index (χ1) is 13.8. The van der Waals surface area contributed by atoms with Gasteiger partial charge in [-0.25, -0.2) is 0 Å². The number of aliphatic hydroxyl groups excluding tert-OH is 1. The zero-order valence-electron chi connectivity index (χ0n) is 17.0. The van der Waals surface area contributed by atoms with Gasteiger partial charge in [0.2, 0.25) is 5.91 Å². The number of hydrogen-bond donors (Lipinski definition) is 3. The van der Waals surface area contributed by atoms with Crippen molar-refractivity contribution in [3.05, 3.63) is 70.8 Å². The molecule has 0 radical (unpaired) electrons. The van der Waals surface area contributed by atoms with Crippen LogP contribution >= 0.6 is 0 Å². The van der Waals surface area contributed by atoms with Crippen molar-refractivity contribution in [3.63, 3.8) is 0 Å². The van der Waals surface area contributed by atoms with Crippen LogP contribution in [0.5, 0.6) is 0 Å². The minimum Gasteiger partial charge on any atom is -0.378 e. The van der Waals surface area contributed by atoms with E-state index in [1.165, 1.54) is 0 Å². The summed E-state index contributed by atoms with van der Waals surface area (Å²) in [5.74, 6) is -1.72. The van der Waals surface area contributed by atoms with Crippen LogP contribution in [0.25, 0.3) is 0 Å². The minimum absolute atomic E-state index is 0.0294. The molecule has 8 heteroatoms. The number of aliphatic hydroxyl groups is 1. The fourth-order valence-electron chi connectivity index (χ4n) is 2.86. The van der Waals surface area contributed by atoms with E-state index in [1.54, 1.807) is 0 Å². The van der Waals surface area contributed by atoms with Gasteiger partial charge in [0, 0.05) is 6.42 Å². The zero-order chi connectivity index (χ0) is 22.7. The van der Waals surface area contributed by atoms with Crippen LogP contribution in [0.2, 0.25) is 0 Å². The maximum absolute atomic E-state index is 12.6. The number of hydrogen-bond acceptors (Lipinski definition) is 3.